The van der Waals surface area contributed by atoms with Gasteiger partial charge in [-0.1, -0.05) is 12.1 Å². The summed E-state index contributed by atoms with van der Waals surface area (Å²) < 4.78 is 0. The van der Waals surface area contributed by atoms with Crippen molar-refractivity contribution in [1.29, 1.82) is 0 Å². The first-order chi connectivity index (χ1) is 7.27. The van der Waals surface area contributed by atoms with E-state index < -0.39 is 0 Å². The Balaban J connectivity index is 2.47. The molecule has 0 spiro atoms. The lowest BCUT2D eigenvalue weighted by atomic mass is 10.1. The molecule has 1 aromatic rings. The van der Waals surface area contributed by atoms with Crippen LogP contribution in [0.15, 0.2) is 18.2 Å². The fourth-order valence-corrected chi connectivity index (χ4v) is 1.43. The zero-order valence-corrected chi connectivity index (χ0v) is 8.87. The first-order valence-corrected chi connectivity index (χ1v) is 5.17. The summed E-state index contributed by atoms with van der Waals surface area (Å²) in [6.07, 6.45) is 0.924. The molecule has 1 rings (SSSR count). The Hall–Kier alpha value is -1.10. The van der Waals surface area contributed by atoms with E-state index in [0.717, 1.165) is 24.2 Å². The van der Waals surface area contributed by atoms with Crippen LogP contribution in [-0.4, -0.2) is 24.8 Å². The summed E-state index contributed by atoms with van der Waals surface area (Å²) in [5, 5.41) is 11.7. The summed E-state index contributed by atoms with van der Waals surface area (Å²) in [7, 11) is 0. The van der Waals surface area contributed by atoms with Crippen LogP contribution in [0.5, 0.6) is 0 Å². The lowest BCUT2D eigenvalue weighted by molar-refractivity contribution is 0.293. The molecule has 4 heteroatoms. The van der Waals surface area contributed by atoms with Gasteiger partial charge in [-0.25, -0.2) is 0 Å². The second-order valence-corrected chi connectivity index (χ2v) is 3.46. The molecule has 0 bridgehead atoms. The molecule has 0 aliphatic rings. The van der Waals surface area contributed by atoms with Gasteiger partial charge in [0.05, 0.1) is 6.61 Å². The van der Waals surface area contributed by atoms with Crippen molar-refractivity contribution in [3.8, 4) is 0 Å². The molecule has 84 valence electrons. The largest absolute Gasteiger partial charge is 0.398 e. The van der Waals surface area contributed by atoms with Crippen molar-refractivity contribution >= 4 is 5.69 Å². The third-order valence-electron chi connectivity index (χ3n) is 2.31. The minimum absolute atomic E-state index is 0.176. The smallest absolute Gasteiger partial charge is 0.0555 e. The van der Waals surface area contributed by atoms with E-state index in [4.69, 9.17) is 16.6 Å². The number of aliphatic hydroxyl groups is 1. The van der Waals surface area contributed by atoms with E-state index >= 15 is 0 Å². The van der Waals surface area contributed by atoms with E-state index in [0.29, 0.717) is 13.1 Å². The Morgan fingerprint density at radius 3 is 2.73 bits per heavy atom. The van der Waals surface area contributed by atoms with Crippen molar-refractivity contribution in [3.63, 3.8) is 0 Å². The number of hydrogen-bond donors (Lipinski definition) is 4. The number of nitrogens with one attached hydrogen (secondary N) is 1. The zero-order valence-electron chi connectivity index (χ0n) is 8.87. The summed E-state index contributed by atoms with van der Waals surface area (Å²) in [6.45, 7) is 2.15. The van der Waals surface area contributed by atoms with Crippen LogP contribution < -0.4 is 16.8 Å². The molecule has 0 amide bonds. The topological polar surface area (TPSA) is 84.3 Å². The van der Waals surface area contributed by atoms with Gasteiger partial charge in [0.2, 0.25) is 0 Å². The van der Waals surface area contributed by atoms with E-state index in [1.54, 1.807) is 0 Å². The zero-order chi connectivity index (χ0) is 11.1. The van der Waals surface area contributed by atoms with Crippen LogP contribution in [0.25, 0.3) is 0 Å². The van der Waals surface area contributed by atoms with Crippen molar-refractivity contribution in [2.45, 2.75) is 13.0 Å². The highest BCUT2D eigenvalue weighted by molar-refractivity contribution is 5.48. The summed E-state index contributed by atoms with van der Waals surface area (Å²) in [5.74, 6) is 0. The van der Waals surface area contributed by atoms with Gasteiger partial charge < -0.3 is 21.9 Å². The van der Waals surface area contributed by atoms with Gasteiger partial charge in [0, 0.05) is 18.8 Å². The molecular weight excluding hydrogens is 190 g/mol. The number of rotatable bonds is 6. The average molecular weight is 209 g/mol. The third kappa shape index (κ3) is 3.87. The van der Waals surface area contributed by atoms with Crippen LogP contribution in [0.3, 0.4) is 0 Å². The standard InChI is InChI=1S/C11H19N3O/c12-8-10-7-9(1-2-11(10)13)3-4-14-5-6-15/h1-2,7,14-15H,3-6,8,12-13H2. The van der Waals surface area contributed by atoms with E-state index in [2.05, 4.69) is 5.32 Å². The monoisotopic (exact) mass is 209 g/mol. The highest BCUT2D eigenvalue weighted by Crippen LogP contribution is 2.13. The second kappa shape index (κ2) is 6.40. The molecule has 0 radical (unpaired) electrons. The molecule has 15 heavy (non-hydrogen) atoms. The van der Waals surface area contributed by atoms with E-state index in [1.807, 2.05) is 18.2 Å². The van der Waals surface area contributed by atoms with Crippen LogP contribution >= 0.6 is 0 Å². The molecule has 4 nitrogen and oxygen atoms in total. The minimum Gasteiger partial charge on any atom is -0.398 e. The van der Waals surface area contributed by atoms with E-state index in [-0.39, 0.29) is 6.61 Å². The van der Waals surface area contributed by atoms with Crippen molar-refractivity contribution in [2.75, 3.05) is 25.4 Å². The first kappa shape index (κ1) is 12.0. The molecule has 0 atom stereocenters. The Morgan fingerprint density at radius 1 is 1.27 bits per heavy atom. The second-order valence-electron chi connectivity index (χ2n) is 3.46. The molecule has 0 heterocycles. The van der Waals surface area contributed by atoms with Crippen LogP contribution in [0, 0.1) is 0 Å². The number of nitrogens with two attached hydrogens (primary N) is 2. The maximum atomic E-state index is 8.59. The molecule has 0 saturated heterocycles. The molecule has 0 fully saturated rings. The van der Waals surface area contributed by atoms with Gasteiger partial charge in [-0.2, -0.15) is 0 Å². The van der Waals surface area contributed by atoms with E-state index in [9.17, 15) is 0 Å². The fourth-order valence-electron chi connectivity index (χ4n) is 1.43. The van der Waals surface area contributed by atoms with Crippen LogP contribution in [0.2, 0.25) is 0 Å². The Morgan fingerprint density at radius 2 is 2.07 bits per heavy atom. The molecule has 0 aromatic heterocycles. The lowest BCUT2D eigenvalue weighted by Crippen LogP contribution is -2.20. The van der Waals surface area contributed by atoms with Gasteiger partial charge in [-0.15, -0.1) is 0 Å². The van der Waals surface area contributed by atoms with Crippen molar-refractivity contribution in [2.24, 2.45) is 5.73 Å². The molecule has 0 aliphatic heterocycles. The molecule has 0 saturated carbocycles. The number of nitrogen functional groups attached to an aromatic ring is 1. The molecule has 1 aromatic carbocycles. The number of aliphatic hydroxyl groups excluding tert-OH is 1. The Labute approximate surface area is 90.3 Å². The lowest BCUT2D eigenvalue weighted by Gasteiger charge is -2.07. The molecule has 0 aliphatic carbocycles. The fraction of sp³-hybridized carbons (Fsp3) is 0.455. The van der Waals surface area contributed by atoms with Crippen LogP contribution in [-0.2, 0) is 13.0 Å². The van der Waals surface area contributed by atoms with Gasteiger partial charge >= 0.3 is 0 Å². The summed E-state index contributed by atoms with van der Waals surface area (Å²) in [4.78, 5) is 0. The highest BCUT2D eigenvalue weighted by Gasteiger charge is 1.99. The average Bonchev–Trinajstić information content (AvgIpc) is 2.26. The minimum atomic E-state index is 0.176. The summed E-state index contributed by atoms with van der Waals surface area (Å²) in [6, 6.07) is 5.94. The van der Waals surface area contributed by atoms with Crippen molar-refractivity contribution in [3.05, 3.63) is 29.3 Å². The predicted octanol–water partition coefficient (Wildman–Crippen LogP) is -0.148. The van der Waals surface area contributed by atoms with E-state index in [1.165, 1.54) is 5.56 Å². The molecule has 6 N–H and O–H groups in total. The van der Waals surface area contributed by atoms with Crippen molar-refractivity contribution in [1.82, 2.24) is 5.32 Å². The highest BCUT2D eigenvalue weighted by atomic mass is 16.3. The van der Waals surface area contributed by atoms with Gasteiger partial charge in [-0.05, 0) is 30.2 Å². The molecular formula is C11H19N3O. The van der Waals surface area contributed by atoms with Crippen LogP contribution in [0.1, 0.15) is 11.1 Å². The maximum absolute atomic E-state index is 8.59. The number of hydrogen-bond acceptors (Lipinski definition) is 4. The summed E-state index contributed by atoms with van der Waals surface area (Å²) in [5.41, 5.74) is 14.3. The Kier molecular flexibility index (Phi) is 5.10. The normalized spacial score (nSPS) is 10.5. The number of benzene rings is 1. The van der Waals surface area contributed by atoms with Gasteiger partial charge in [0.25, 0.3) is 0 Å². The first-order valence-electron chi connectivity index (χ1n) is 5.17. The van der Waals surface area contributed by atoms with Crippen LogP contribution in [0.4, 0.5) is 5.69 Å². The maximum Gasteiger partial charge on any atom is 0.0555 e. The van der Waals surface area contributed by atoms with Gasteiger partial charge in [0.1, 0.15) is 0 Å². The van der Waals surface area contributed by atoms with Gasteiger partial charge in [-0.3, -0.25) is 0 Å². The SMILES string of the molecule is NCc1cc(CCNCCO)ccc1N. The predicted molar refractivity (Wildman–Crippen MR) is 62.4 cm³/mol. The van der Waals surface area contributed by atoms with Crippen molar-refractivity contribution < 1.29 is 5.11 Å². The Bertz CT molecular complexity index is 302. The third-order valence-corrected chi connectivity index (χ3v) is 2.31. The number of anilines is 1. The summed E-state index contributed by atoms with van der Waals surface area (Å²) >= 11 is 0. The quantitative estimate of drug-likeness (QED) is 0.388. The molecule has 0 unspecified atom stereocenters. The van der Waals surface area contributed by atoms with Gasteiger partial charge in [0.15, 0.2) is 0 Å².